The third kappa shape index (κ3) is 4.50. The van der Waals surface area contributed by atoms with E-state index in [1.165, 1.54) is 4.90 Å². The second-order valence-electron chi connectivity index (χ2n) is 8.12. The number of hydrogen-bond donors (Lipinski definition) is 1. The van der Waals surface area contributed by atoms with Crippen molar-refractivity contribution in [2.45, 2.75) is 63.8 Å². The van der Waals surface area contributed by atoms with Gasteiger partial charge in [0.15, 0.2) is 0 Å². The number of nitriles is 1. The van der Waals surface area contributed by atoms with Gasteiger partial charge in [0.05, 0.1) is 6.07 Å². The Morgan fingerprint density at radius 3 is 2.64 bits per heavy atom. The number of nitrogens with one attached hydrogen (secondary N) is 1. The predicted octanol–water partition coefficient (Wildman–Crippen LogP) is 1.78. The van der Waals surface area contributed by atoms with E-state index in [2.05, 4.69) is 21.4 Å². The molecule has 1 aromatic heterocycles. The molecule has 0 bridgehead atoms. The van der Waals surface area contributed by atoms with Gasteiger partial charge >= 0.3 is 6.09 Å². The Balaban J connectivity index is 1.78. The molecule has 0 saturated carbocycles. The Kier molecular flexibility index (Phi) is 5.68. The first-order valence-electron chi connectivity index (χ1n) is 9.52. The molecule has 28 heavy (non-hydrogen) atoms. The number of carbonyl (C=O) groups is 2. The minimum Gasteiger partial charge on any atom is -0.444 e. The maximum atomic E-state index is 13.2. The molecule has 0 aromatic carbocycles. The third-order valence-corrected chi connectivity index (χ3v) is 4.80. The quantitative estimate of drug-likeness (QED) is 0.843. The lowest BCUT2D eigenvalue weighted by molar-refractivity contribution is -0.135. The summed E-state index contributed by atoms with van der Waals surface area (Å²) in [6.45, 7) is 6.21. The maximum Gasteiger partial charge on any atom is 0.411 e. The molecule has 0 radical (unpaired) electrons. The molecule has 3 rings (SSSR count). The van der Waals surface area contributed by atoms with E-state index in [9.17, 15) is 14.9 Å². The van der Waals surface area contributed by atoms with Crippen LogP contribution in [-0.2, 0) is 9.53 Å². The lowest BCUT2D eigenvalue weighted by atomic mass is 10.1. The molecule has 1 unspecified atom stereocenters. The van der Waals surface area contributed by atoms with Gasteiger partial charge in [-0.25, -0.2) is 14.8 Å². The fraction of sp³-hybridized carbons (Fsp3) is 0.632. The highest BCUT2D eigenvalue weighted by Crippen LogP contribution is 2.27. The molecule has 150 valence electrons. The number of anilines is 1. The molecule has 2 fully saturated rings. The molecule has 0 aliphatic carbocycles. The Bertz CT molecular complexity index is 757. The summed E-state index contributed by atoms with van der Waals surface area (Å²) in [7, 11) is 0. The third-order valence-electron chi connectivity index (χ3n) is 4.80. The molecule has 2 saturated heterocycles. The summed E-state index contributed by atoms with van der Waals surface area (Å²) in [5.74, 6) is 0.244. The van der Waals surface area contributed by atoms with Crippen LogP contribution < -0.4 is 5.32 Å². The number of aromatic nitrogens is 2. The molecule has 9 heteroatoms. The minimum atomic E-state index is -0.676. The van der Waals surface area contributed by atoms with Crippen LogP contribution in [0.15, 0.2) is 18.5 Å². The van der Waals surface area contributed by atoms with E-state index in [4.69, 9.17) is 4.74 Å². The van der Waals surface area contributed by atoms with Crippen molar-refractivity contribution in [3.05, 3.63) is 18.5 Å². The maximum absolute atomic E-state index is 13.2. The lowest BCUT2D eigenvalue weighted by Gasteiger charge is -2.30. The summed E-state index contributed by atoms with van der Waals surface area (Å²) in [6.07, 6.45) is 4.59. The molecule has 1 N–H and O–H groups in total. The zero-order valence-electron chi connectivity index (χ0n) is 16.5. The minimum absolute atomic E-state index is 0.188. The van der Waals surface area contributed by atoms with Crippen LogP contribution in [0.2, 0.25) is 0 Å². The summed E-state index contributed by atoms with van der Waals surface area (Å²) < 4.78 is 5.51. The van der Waals surface area contributed by atoms with Crippen molar-refractivity contribution in [3.8, 4) is 6.07 Å². The van der Waals surface area contributed by atoms with E-state index in [0.717, 1.165) is 6.42 Å². The Morgan fingerprint density at radius 1 is 1.29 bits per heavy atom. The lowest BCUT2D eigenvalue weighted by Crippen LogP contribution is -2.50. The summed E-state index contributed by atoms with van der Waals surface area (Å²) >= 11 is 0. The monoisotopic (exact) mass is 386 g/mol. The van der Waals surface area contributed by atoms with Gasteiger partial charge in [0, 0.05) is 31.5 Å². The first-order valence-corrected chi connectivity index (χ1v) is 9.52. The van der Waals surface area contributed by atoms with Gasteiger partial charge in [-0.05, 0) is 46.1 Å². The zero-order valence-corrected chi connectivity index (χ0v) is 16.5. The average molecular weight is 386 g/mol. The van der Waals surface area contributed by atoms with Gasteiger partial charge < -0.3 is 15.0 Å². The Hall–Kier alpha value is -2.89. The Labute approximate surface area is 164 Å². The number of rotatable bonds is 3. The predicted molar refractivity (Wildman–Crippen MR) is 101 cm³/mol. The van der Waals surface area contributed by atoms with Crippen molar-refractivity contribution in [2.24, 2.45) is 0 Å². The molecule has 2 aliphatic heterocycles. The first kappa shape index (κ1) is 19.9. The van der Waals surface area contributed by atoms with Crippen LogP contribution in [0.4, 0.5) is 10.7 Å². The van der Waals surface area contributed by atoms with Crippen molar-refractivity contribution in [2.75, 3.05) is 18.4 Å². The van der Waals surface area contributed by atoms with E-state index in [0.29, 0.717) is 31.9 Å². The zero-order chi connectivity index (χ0) is 20.3. The number of hydrogen-bond acceptors (Lipinski definition) is 7. The van der Waals surface area contributed by atoms with Gasteiger partial charge in [0.1, 0.15) is 17.7 Å². The van der Waals surface area contributed by atoms with Crippen LogP contribution in [0.1, 0.15) is 40.0 Å². The normalized spacial score (nSPS) is 24.7. The molecule has 1 aromatic rings. The second kappa shape index (κ2) is 8.00. The van der Waals surface area contributed by atoms with Crippen molar-refractivity contribution in [1.29, 1.82) is 5.26 Å². The first-order chi connectivity index (χ1) is 13.3. The summed E-state index contributed by atoms with van der Waals surface area (Å²) in [5, 5.41) is 12.5. The van der Waals surface area contributed by atoms with Crippen molar-refractivity contribution < 1.29 is 14.3 Å². The van der Waals surface area contributed by atoms with Crippen molar-refractivity contribution in [1.82, 2.24) is 19.8 Å². The molecule has 3 atom stereocenters. The number of likely N-dealkylation sites (tertiary alicyclic amines) is 2. The Morgan fingerprint density at radius 2 is 2.00 bits per heavy atom. The highest BCUT2D eigenvalue weighted by molar-refractivity contribution is 5.87. The topological polar surface area (TPSA) is 111 Å². The van der Waals surface area contributed by atoms with Crippen LogP contribution in [0.3, 0.4) is 0 Å². The van der Waals surface area contributed by atoms with Gasteiger partial charge in [-0.1, -0.05) is 0 Å². The van der Waals surface area contributed by atoms with E-state index in [-0.39, 0.29) is 11.9 Å². The van der Waals surface area contributed by atoms with Crippen LogP contribution in [0.5, 0.6) is 0 Å². The summed E-state index contributed by atoms with van der Waals surface area (Å²) in [5.41, 5.74) is -0.665. The van der Waals surface area contributed by atoms with E-state index < -0.39 is 23.8 Å². The molecule has 9 nitrogen and oxygen atoms in total. The van der Waals surface area contributed by atoms with Crippen LogP contribution >= 0.6 is 0 Å². The van der Waals surface area contributed by atoms with Crippen LogP contribution in [0.25, 0.3) is 0 Å². The number of amides is 2. The molecule has 2 aliphatic rings. The fourth-order valence-electron chi connectivity index (χ4n) is 3.61. The van der Waals surface area contributed by atoms with E-state index in [1.54, 1.807) is 44.1 Å². The van der Waals surface area contributed by atoms with E-state index >= 15 is 0 Å². The fourth-order valence-corrected chi connectivity index (χ4v) is 3.61. The highest BCUT2D eigenvalue weighted by Gasteiger charge is 2.45. The van der Waals surface area contributed by atoms with Crippen LogP contribution in [-0.4, -0.2) is 68.6 Å². The van der Waals surface area contributed by atoms with Crippen LogP contribution in [0, 0.1) is 11.3 Å². The van der Waals surface area contributed by atoms with Gasteiger partial charge in [0.25, 0.3) is 0 Å². The molecular weight excluding hydrogens is 360 g/mol. The SMILES string of the molecule is CC(C)(C)OC(=O)N1C[C@@H](Nc2ncccn2)C[C@H]1C(=O)N1CCCC1C#N. The molecule has 3 heterocycles. The van der Waals surface area contributed by atoms with E-state index in [1.807, 2.05) is 0 Å². The second-order valence-corrected chi connectivity index (χ2v) is 8.12. The molecular formula is C19H26N6O3. The number of ether oxygens (including phenoxy) is 1. The molecule has 2 amide bonds. The van der Waals surface area contributed by atoms with Gasteiger partial charge in [-0.3, -0.25) is 9.69 Å². The van der Waals surface area contributed by atoms with Crippen molar-refractivity contribution >= 4 is 17.9 Å². The van der Waals surface area contributed by atoms with Crippen molar-refractivity contribution in [3.63, 3.8) is 0 Å². The largest absolute Gasteiger partial charge is 0.444 e. The molecule has 0 spiro atoms. The van der Waals surface area contributed by atoms with Gasteiger partial charge in [-0.15, -0.1) is 0 Å². The standard InChI is InChI=1S/C19H26N6O3/c1-19(2,3)28-18(27)25-12-13(23-17-21-7-5-8-22-17)10-15(25)16(26)24-9-4-6-14(24)11-20/h5,7-8,13-15H,4,6,9-10,12H2,1-3H3,(H,21,22,23)/t13-,14?,15-/m0/s1. The number of carbonyl (C=O) groups excluding carboxylic acids is 2. The summed E-state index contributed by atoms with van der Waals surface area (Å²) in [4.78, 5) is 37.3. The average Bonchev–Trinajstić information content (AvgIpc) is 3.27. The van der Waals surface area contributed by atoms with Gasteiger partial charge in [0.2, 0.25) is 11.9 Å². The summed E-state index contributed by atoms with van der Waals surface area (Å²) in [6, 6.07) is 2.61. The number of nitrogens with zero attached hydrogens (tertiary/aromatic N) is 5. The van der Waals surface area contributed by atoms with Gasteiger partial charge in [-0.2, -0.15) is 5.26 Å². The highest BCUT2D eigenvalue weighted by atomic mass is 16.6. The smallest absolute Gasteiger partial charge is 0.411 e.